The highest BCUT2D eigenvalue weighted by Crippen LogP contribution is 2.37. The van der Waals surface area contributed by atoms with Gasteiger partial charge in [0.2, 0.25) is 0 Å². The number of benzene rings is 3. The summed E-state index contributed by atoms with van der Waals surface area (Å²) < 4.78 is 66.4. The Morgan fingerprint density at radius 2 is 1.14 bits per heavy atom. The van der Waals surface area contributed by atoms with Crippen LogP contribution in [0.2, 0.25) is 0 Å². The standard InChI is InChI=1S/C38H48F4O/c1-3-5-7-8-9-10-11-13-15-30-21-22-31(36(40)35(30)39)28-17-19-29(20-18-28)32-23-24-33(38(42)37(32)41)34-25-16-27(26-43-34)14-12-6-4-2/h17-24,27,34H,3-16,25-26H2,1-2H3. The molecule has 3 aromatic carbocycles. The van der Waals surface area contributed by atoms with Crippen molar-refractivity contribution >= 4 is 0 Å². The Bertz CT molecular complexity index is 1280. The molecule has 1 fully saturated rings. The van der Waals surface area contributed by atoms with Gasteiger partial charge in [0.25, 0.3) is 0 Å². The summed E-state index contributed by atoms with van der Waals surface area (Å²) in [7, 11) is 0. The van der Waals surface area contributed by atoms with E-state index in [-0.39, 0.29) is 16.7 Å². The molecule has 0 amide bonds. The Balaban J connectivity index is 1.36. The van der Waals surface area contributed by atoms with Crippen LogP contribution in [0.15, 0.2) is 48.5 Å². The number of ether oxygens (including phenoxy) is 1. The van der Waals surface area contributed by atoms with Crippen LogP contribution in [0.1, 0.15) is 121 Å². The molecule has 1 aliphatic heterocycles. The summed E-state index contributed by atoms with van der Waals surface area (Å²) in [6.45, 7) is 4.96. The van der Waals surface area contributed by atoms with Gasteiger partial charge in [0, 0.05) is 16.7 Å². The second-order valence-electron chi connectivity index (χ2n) is 12.3. The monoisotopic (exact) mass is 596 g/mol. The molecule has 2 unspecified atom stereocenters. The molecule has 0 N–H and O–H groups in total. The fourth-order valence-electron chi connectivity index (χ4n) is 6.28. The average Bonchev–Trinajstić information content (AvgIpc) is 3.02. The molecule has 0 bridgehead atoms. The average molecular weight is 597 g/mol. The van der Waals surface area contributed by atoms with Gasteiger partial charge in [0.1, 0.15) is 0 Å². The van der Waals surface area contributed by atoms with Crippen molar-refractivity contribution in [2.45, 2.75) is 116 Å². The smallest absolute Gasteiger partial charge is 0.167 e. The van der Waals surface area contributed by atoms with Gasteiger partial charge in [-0.05, 0) is 54.7 Å². The van der Waals surface area contributed by atoms with Gasteiger partial charge in [-0.15, -0.1) is 0 Å². The first-order valence-electron chi connectivity index (χ1n) is 16.6. The molecule has 3 aromatic rings. The SMILES string of the molecule is CCCCCCCCCCc1ccc(-c2ccc(-c3ccc(C4CCC(CCCCC)CO4)c(F)c3F)cc2)c(F)c1F. The zero-order valence-corrected chi connectivity index (χ0v) is 26.0. The van der Waals surface area contributed by atoms with E-state index in [1.165, 1.54) is 51.4 Å². The second-order valence-corrected chi connectivity index (χ2v) is 12.3. The van der Waals surface area contributed by atoms with Crippen LogP contribution in [0, 0.1) is 29.2 Å². The zero-order valence-electron chi connectivity index (χ0n) is 26.0. The van der Waals surface area contributed by atoms with Crippen LogP contribution < -0.4 is 0 Å². The van der Waals surface area contributed by atoms with E-state index in [2.05, 4.69) is 13.8 Å². The summed E-state index contributed by atoms with van der Waals surface area (Å²) in [4.78, 5) is 0. The van der Waals surface area contributed by atoms with Gasteiger partial charge in [0.15, 0.2) is 23.3 Å². The lowest BCUT2D eigenvalue weighted by Gasteiger charge is -2.29. The maximum atomic E-state index is 15.2. The van der Waals surface area contributed by atoms with Crippen molar-refractivity contribution in [1.82, 2.24) is 0 Å². The van der Waals surface area contributed by atoms with Crippen molar-refractivity contribution in [2.75, 3.05) is 6.61 Å². The lowest BCUT2D eigenvalue weighted by atomic mass is 9.90. The topological polar surface area (TPSA) is 9.23 Å². The van der Waals surface area contributed by atoms with Gasteiger partial charge < -0.3 is 4.74 Å². The third-order valence-corrected chi connectivity index (χ3v) is 9.01. The predicted octanol–water partition coefficient (Wildman–Crippen LogP) is 12.3. The molecule has 2 atom stereocenters. The number of hydrogen-bond donors (Lipinski definition) is 0. The molecular weight excluding hydrogens is 548 g/mol. The minimum atomic E-state index is -0.915. The Hall–Kier alpha value is -2.66. The van der Waals surface area contributed by atoms with E-state index in [0.717, 1.165) is 32.1 Å². The molecule has 0 aromatic heterocycles. The maximum absolute atomic E-state index is 15.2. The zero-order chi connectivity index (χ0) is 30.6. The summed E-state index contributed by atoms with van der Waals surface area (Å²) in [6, 6.07) is 13.0. The predicted molar refractivity (Wildman–Crippen MR) is 169 cm³/mol. The van der Waals surface area contributed by atoms with E-state index in [0.29, 0.717) is 42.1 Å². The number of hydrogen-bond acceptors (Lipinski definition) is 1. The largest absolute Gasteiger partial charge is 0.373 e. The van der Waals surface area contributed by atoms with Gasteiger partial charge in [0.05, 0.1) is 12.7 Å². The Labute approximate surface area is 256 Å². The van der Waals surface area contributed by atoms with Crippen LogP contribution in [0.25, 0.3) is 22.3 Å². The highest BCUT2D eigenvalue weighted by Gasteiger charge is 2.27. The minimum absolute atomic E-state index is 0.133. The molecule has 1 nitrogen and oxygen atoms in total. The number of unbranched alkanes of at least 4 members (excludes halogenated alkanes) is 9. The lowest BCUT2D eigenvalue weighted by molar-refractivity contribution is -0.0218. The third kappa shape index (κ3) is 8.94. The first kappa shape index (κ1) is 33.2. The highest BCUT2D eigenvalue weighted by molar-refractivity contribution is 5.71. The molecule has 43 heavy (non-hydrogen) atoms. The molecule has 4 rings (SSSR count). The number of aryl methyl sites for hydroxylation is 1. The summed E-state index contributed by atoms with van der Waals surface area (Å²) in [5, 5.41) is 0. The highest BCUT2D eigenvalue weighted by atomic mass is 19.2. The molecule has 1 aliphatic rings. The van der Waals surface area contributed by atoms with E-state index in [4.69, 9.17) is 4.74 Å². The summed E-state index contributed by atoms with van der Waals surface area (Å²) >= 11 is 0. The quantitative estimate of drug-likeness (QED) is 0.118. The van der Waals surface area contributed by atoms with Crippen molar-refractivity contribution in [1.29, 1.82) is 0 Å². The lowest BCUT2D eigenvalue weighted by Crippen LogP contribution is -2.21. The van der Waals surface area contributed by atoms with Crippen molar-refractivity contribution in [3.63, 3.8) is 0 Å². The molecule has 0 spiro atoms. The van der Waals surface area contributed by atoms with Crippen molar-refractivity contribution < 1.29 is 22.3 Å². The van der Waals surface area contributed by atoms with Crippen LogP contribution in [-0.4, -0.2) is 6.61 Å². The summed E-state index contributed by atoms with van der Waals surface area (Å²) in [5.41, 5.74) is 1.91. The van der Waals surface area contributed by atoms with Gasteiger partial charge in [-0.25, -0.2) is 17.6 Å². The molecule has 0 saturated carbocycles. The van der Waals surface area contributed by atoms with Crippen molar-refractivity contribution in [2.24, 2.45) is 5.92 Å². The molecule has 5 heteroatoms. The van der Waals surface area contributed by atoms with E-state index in [1.807, 2.05) is 0 Å². The number of halogens is 4. The third-order valence-electron chi connectivity index (χ3n) is 9.01. The fourth-order valence-corrected chi connectivity index (χ4v) is 6.28. The maximum Gasteiger partial charge on any atom is 0.167 e. The Kier molecular flexibility index (Phi) is 13.1. The fraction of sp³-hybridized carbons (Fsp3) is 0.526. The number of rotatable bonds is 16. The van der Waals surface area contributed by atoms with Crippen LogP contribution >= 0.6 is 0 Å². The van der Waals surface area contributed by atoms with Gasteiger partial charge >= 0.3 is 0 Å². The van der Waals surface area contributed by atoms with Crippen LogP contribution in [0.5, 0.6) is 0 Å². The van der Waals surface area contributed by atoms with Crippen LogP contribution in [0.3, 0.4) is 0 Å². The molecule has 0 aliphatic carbocycles. The molecule has 234 valence electrons. The first-order chi connectivity index (χ1) is 20.9. The summed E-state index contributed by atoms with van der Waals surface area (Å²) in [5.74, 6) is -2.98. The van der Waals surface area contributed by atoms with Crippen molar-refractivity contribution in [3.8, 4) is 22.3 Å². The van der Waals surface area contributed by atoms with E-state index in [1.54, 1.807) is 48.5 Å². The first-order valence-corrected chi connectivity index (χ1v) is 16.6. The van der Waals surface area contributed by atoms with E-state index < -0.39 is 29.4 Å². The second kappa shape index (κ2) is 17.0. The van der Waals surface area contributed by atoms with Gasteiger partial charge in [-0.2, -0.15) is 0 Å². The summed E-state index contributed by atoms with van der Waals surface area (Å²) in [6.07, 6.45) is 15.6. The minimum Gasteiger partial charge on any atom is -0.373 e. The molecule has 1 saturated heterocycles. The van der Waals surface area contributed by atoms with Crippen LogP contribution in [0.4, 0.5) is 17.6 Å². The normalized spacial score (nSPS) is 17.0. The van der Waals surface area contributed by atoms with Crippen molar-refractivity contribution in [3.05, 3.63) is 82.9 Å². The van der Waals surface area contributed by atoms with Crippen LogP contribution in [-0.2, 0) is 11.2 Å². The molecule has 0 radical (unpaired) electrons. The molecule has 1 heterocycles. The Morgan fingerprint density at radius 3 is 1.74 bits per heavy atom. The van der Waals surface area contributed by atoms with Gasteiger partial charge in [-0.1, -0.05) is 127 Å². The Morgan fingerprint density at radius 1 is 0.581 bits per heavy atom. The molecular formula is C38H48F4O. The van der Waals surface area contributed by atoms with E-state index in [9.17, 15) is 4.39 Å². The van der Waals surface area contributed by atoms with Gasteiger partial charge in [-0.3, -0.25) is 0 Å². The van der Waals surface area contributed by atoms with E-state index >= 15 is 13.2 Å².